The van der Waals surface area contributed by atoms with Gasteiger partial charge in [-0.1, -0.05) is 11.6 Å². The van der Waals surface area contributed by atoms with Crippen LogP contribution < -0.4 is 5.32 Å². The number of ether oxygens (including phenoxy) is 1. The van der Waals surface area contributed by atoms with E-state index in [4.69, 9.17) is 16.3 Å². The predicted molar refractivity (Wildman–Crippen MR) is 79.7 cm³/mol. The average molecular weight is 364 g/mol. The molecule has 1 aromatic heterocycles. The molecule has 0 unspecified atom stereocenters. The van der Waals surface area contributed by atoms with Crippen molar-refractivity contribution in [1.82, 2.24) is 0 Å². The minimum atomic E-state index is -4.68. The van der Waals surface area contributed by atoms with E-state index in [9.17, 15) is 22.8 Å². The summed E-state index contributed by atoms with van der Waals surface area (Å²) in [5.74, 6) is -1.62. The van der Waals surface area contributed by atoms with E-state index in [1.54, 1.807) is 5.38 Å². The number of amides is 1. The van der Waals surface area contributed by atoms with Gasteiger partial charge in [-0.3, -0.25) is 4.79 Å². The van der Waals surface area contributed by atoms with Crippen molar-refractivity contribution in [1.29, 1.82) is 0 Å². The Kier molecular flexibility index (Phi) is 5.27. The maximum Gasteiger partial charge on any atom is 0.418 e. The summed E-state index contributed by atoms with van der Waals surface area (Å²) in [5.41, 5.74) is -1.27. The summed E-state index contributed by atoms with van der Waals surface area (Å²) in [7, 11) is 0. The lowest BCUT2D eigenvalue weighted by molar-refractivity contribution is -0.137. The zero-order valence-electron chi connectivity index (χ0n) is 11.3. The second-order valence-electron chi connectivity index (χ2n) is 4.32. The molecule has 0 saturated heterocycles. The monoisotopic (exact) mass is 363 g/mol. The molecule has 0 aliphatic carbocycles. The number of nitrogens with one attached hydrogen (secondary N) is 1. The van der Waals surface area contributed by atoms with Crippen LogP contribution in [0.1, 0.15) is 15.9 Å². The number of esters is 1. The fourth-order valence-corrected chi connectivity index (χ4v) is 2.44. The van der Waals surface area contributed by atoms with E-state index in [1.165, 1.54) is 28.8 Å². The fourth-order valence-electron chi connectivity index (χ4n) is 1.64. The molecule has 1 aromatic carbocycles. The fraction of sp³-hybridized carbons (Fsp3) is 0.143. The molecule has 0 aliphatic heterocycles. The van der Waals surface area contributed by atoms with Gasteiger partial charge in [-0.15, -0.1) is 0 Å². The van der Waals surface area contributed by atoms with Crippen LogP contribution in [0.15, 0.2) is 35.0 Å². The second kappa shape index (κ2) is 7.01. The van der Waals surface area contributed by atoms with Crippen molar-refractivity contribution < 1.29 is 27.5 Å². The summed E-state index contributed by atoms with van der Waals surface area (Å²) in [6.45, 7) is -0.700. The Morgan fingerprint density at radius 2 is 2.00 bits per heavy atom. The number of alkyl halides is 3. The topological polar surface area (TPSA) is 55.4 Å². The number of carbonyl (C=O) groups is 2. The third-order valence-electron chi connectivity index (χ3n) is 2.65. The van der Waals surface area contributed by atoms with E-state index in [0.717, 1.165) is 6.07 Å². The van der Waals surface area contributed by atoms with Gasteiger partial charge >= 0.3 is 12.1 Å². The van der Waals surface area contributed by atoms with Crippen LogP contribution >= 0.6 is 22.9 Å². The summed E-state index contributed by atoms with van der Waals surface area (Å²) in [4.78, 5) is 23.2. The van der Waals surface area contributed by atoms with Crippen LogP contribution in [0.4, 0.5) is 18.9 Å². The quantitative estimate of drug-likeness (QED) is 0.828. The van der Waals surface area contributed by atoms with Crippen LogP contribution in [0.25, 0.3) is 0 Å². The van der Waals surface area contributed by atoms with Crippen LogP contribution in [0.2, 0.25) is 5.02 Å². The number of halogens is 4. The zero-order valence-corrected chi connectivity index (χ0v) is 12.9. The molecule has 4 nitrogen and oxygen atoms in total. The molecule has 2 aromatic rings. The smallest absolute Gasteiger partial charge is 0.418 e. The van der Waals surface area contributed by atoms with Crippen molar-refractivity contribution in [2.75, 3.05) is 11.9 Å². The van der Waals surface area contributed by atoms with Crippen LogP contribution in [0.5, 0.6) is 0 Å². The van der Waals surface area contributed by atoms with E-state index in [0.29, 0.717) is 6.07 Å². The molecule has 9 heteroatoms. The first-order valence-electron chi connectivity index (χ1n) is 6.13. The molecule has 0 aliphatic rings. The highest BCUT2D eigenvalue weighted by Gasteiger charge is 2.34. The van der Waals surface area contributed by atoms with Gasteiger partial charge in [-0.2, -0.15) is 24.5 Å². The molecular weight excluding hydrogens is 355 g/mol. The Morgan fingerprint density at radius 1 is 1.26 bits per heavy atom. The van der Waals surface area contributed by atoms with Crippen molar-refractivity contribution in [3.8, 4) is 0 Å². The van der Waals surface area contributed by atoms with Gasteiger partial charge in [0.2, 0.25) is 0 Å². The summed E-state index contributed by atoms with van der Waals surface area (Å²) < 4.78 is 43.4. The Morgan fingerprint density at radius 3 is 2.61 bits per heavy atom. The number of carbonyl (C=O) groups excluding carboxylic acids is 2. The summed E-state index contributed by atoms with van der Waals surface area (Å²) in [6, 6.07) is 4.45. The third kappa shape index (κ3) is 4.70. The second-order valence-corrected chi connectivity index (χ2v) is 5.54. The maximum absolute atomic E-state index is 12.9. The number of benzene rings is 1. The molecule has 23 heavy (non-hydrogen) atoms. The number of anilines is 1. The molecular formula is C14H9ClF3NO3S. The minimum Gasteiger partial charge on any atom is -0.452 e. The van der Waals surface area contributed by atoms with E-state index in [2.05, 4.69) is 5.32 Å². The molecule has 0 saturated carbocycles. The number of rotatable bonds is 4. The Labute approximate surface area is 137 Å². The lowest BCUT2D eigenvalue weighted by atomic mass is 10.1. The van der Waals surface area contributed by atoms with E-state index >= 15 is 0 Å². The summed E-state index contributed by atoms with van der Waals surface area (Å²) in [5, 5.41) is 5.12. The van der Waals surface area contributed by atoms with Crippen molar-refractivity contribution in [3.63, 3.8) is 0 Å². The molecule has 0 radical (unpaired) electrons. The normalized spacial score (nSPS) is 11.1. The van der Waals surface area contributed by atoms with Crippen LogP contribution in [0, 0.1) is 0 Å². The molecule has 122 valence electrons. The summed E-state index contributed by atoms with van der Waals surface area (Å²) >= 11 is 6.81. The molecule has 1 N–H and O–H groups in total. The highest BCUT2D eigenvalue weighted by Crippen LogP contribution is 2.36. The third-order valence-corrected chi connectivity index (χ3v) is 3.57. The van der Waals surface area contributed by atoms with Crippen LogP contribution in [-0.2, 0) is 15.7 Å². The first kappa shape index (κ1) is 17.3. The van der Waals surface area contributed by atoms with Crippen LogP contribution in [-0.4, -0.2) is 18.5 Å². The highest BCUT2D eigenvalue weighted by molar-refractivity contribution is 7.08. The Bertz CT molecular complexity index is 717. The highest BCUT2D eigenvalue weighted by atomic mass is 35.5. The first-order valence-corrected chi connectivity index (χ1v) is 7.45. The number of thiophene rings is 1. The van der Waals surface area contributed by atoms with Gasteiger partial charge in [0.25, 0.3) is 5.91 Å². The zero-order chi connectivity index (χ0) is 17.0. The van der Waals surface area contributed by atoms with E-state index < -0.39 is 35.9 Å². The minimum absolute atomic E-state index is 0.112. The van der Waals surface area contributed by atoms with E-state index in [1.807, 2.05) is 0 Å². The van der Waals surface area contributed by atoms with Gasteiger partial charge in [0.05, 0.1) is 16.8 Å². The number of hydrogen-bond acceptors (Lipinski definition) is 4. The van der Waals surface area contributed by atoms with Gasteiger partial charge in [-0.05, 0) is 29.6 Å². The molecule has 0 bridgehead atoms. The van der Waals surface area contributed by atoms with Gasteiger partial charge in [-0.25, -0.2) is 4.79 Å². The van der Waals surface area contributed by atoms with Crippen molar-refractivity contribution in [3.05, 3.63) is 51.2 Å². The van der Waals surface area contributed by atoms with Crippen molar-refractivity contribution >= 4 is 40.5 Å². The Balaban J connectivity index is 2.02. The standard InChI is InChI=1S/C14H9ClF3NO3S/c15-9-1-2-11(10(5-9)14(16,17)18)19-12(20)6-22-13(21)8-3-4-23-7-8/h1-5,7H,6H2,(H,19,20). The van der Waals surface area contributed by atoms with Crippen molar-refractivity contribution in [2.24, 2.45) is 0 Å². The predicted octanol–water partition coefficient (Wildman–Crippen LogP) is 4.22. The van der Waals surface area contributed by atoms with Gasteiger partial charge in [0, 0.05) is 10.4 Å². The lowest BCUT2D eigenvalue weighted by Crippen LogP contribution is -2.22. The number of hydrogen-bond donors (Lipinski definition) is 1. The largest absolute Gasteiger partial charge is 0.452 e. The summed E-state index contributed by atoms with van der Waals surface area (Å²) in [6.07, 6.45) is -4.68. The molecule has 0 fully saturated rings. The van der Waals surface area contributed by atoms with Gasteiger partial charge in [0.15, 0.2) is 6.61 Å². The van der Waals surface area contributed by atoms with Gasteiger partial charge in [0.1, 0.15) is 0 Å². The molecule has 0 spiro atoms. The van der Waals surface area contributed by atoms with Crippen LogP contribution in [0.3, 0.4) is 0 Å². The van der Waals surface area contributed by atoms with Gasteiger partial charge < -0.3 is 10.1 Å². The SMILES string of the molecule is O=C(COC(=O)c1ccsc1)Nc1ccc(Cl)cc1C(F)(F)F. The molecule has 1 heterocycles. The maximum atomic E-state index is 12.9. The molecule has 2 rings (SSSR count). The Hall–Kier alpha value is -2.06. The first-order chi connectivity index (χ1) is 10.8. The molecule has 1 amide bonds. The average Bonchev–Trinajstić information content (AvgIpc) is 3.00. The van der Waals surface area contributed by atoms with Crippen molar-refractivity contribution in [2.45, 2.75) is 6.18 Å². The lowest BCUT2D eigenvalue weighted by Gasteiger charge is -2.14. The van der Waals surface area contributed by atoms with E-state index in [-0.39, 0.29) is 10.6 Å². The molecule has 0 atom stereocenters.